The summed E-state index contributed by atoms with van der Waals surface area (Å²) in [4.78, 5) is 29.3. The number of methoxy groups -OCH3 is 1. The average molecular weight is 578 g/mol. The van der Waals surface area contributed by atoms with Crippen molar-refractivity contribution in [2.24, 2.45) is 0 Å². The van der Waals surface area contributed by atoms with Gasteiger partial charge in [-0.3, -0.25) is 13.9 Å². The van der Waals surface area contributed by atoms with E-state index in [1.165, 1.54) is 24.1 Å². The first-order valence-corrected chi connectivity index (χ1v) is 15.5. The predicted octanol–water partition coefficient (Wildman–Crippen LogP) is 5.07. The Labute approximate surface area is 243 Å². The van der Waals surface area contributed by atoms with Gasteiger partial charge in [-0.15, -0.1) is 0 Å². The highest BCUT2D eigenvalue weighted by Crippen LogP contribution is 2.26. The molecule has 0 aromatic heterocycles. The van der Waals surface area contributed by atoms with Gasteiger partial charge in [-0.2, -0.15) is 0 Å². The number of aryl methyl sites for hydroxylation is 1. The van der Waals surface area contributed by atoms with E-state index in [4.69, 9.17) is 4.74 Å². The molecule has 1 saturated carbocycles. The molecule has 0 radical (unpaired) electrons. The Bertz CT molecular complexity index is 1420. The second-order valence-corrected chi connectivity index (χ2v) is 12.2. The quantitative estimate of drug-likeness (QED) is 0.325. The summed E-state index contributed by atoms with van der Waals surface area (Å²) in [6.45, 7) is 3.56. The lowest BCUT2D eigenvalue weighted by Crippen LogP contribution is -2.53. The molecular formula is C32H39N3O5S. The van der Waals surface area contributed by atoms with Crippen LogP contribution in [-0.2, 0) is 26.2 Å². The minimum absolute atomic E-state index is 0.0337. The van der Waals surface area contributed by atoms with Crippen LogP contribution in [0.4, 0.5) is 5.69 Å². The van der Waals surface area contributed by atoms with Gasteiger partial charge in [-0.1, -0.05) is 62.2 Å². The molecular weight excluding hydrogens is 538 g/mol. The molecule has 0 aliphatic heterocycles. The molecule has 1 atom stereocenters. The molecule has 2 amide bonds. The number of nitrogens with one attached hydrogen (secondary N) is 1. The third kappa shape index (κ3) is 7.27. The van der Waals surface area contributed by atoms with Gasteiger partial charge in [0.15, 0.2) is 0 Å². The summed E-state index contributed by atoms with van der Waals surface area (Å²) in [6.07, 6.45) is 4.39. The first-order chi connectivity index (χ1) is 19.7. The molecule has 41 heavy (non-hydrogen) atoms. The van der Waals surface area contributed by atoms with E-state index in [0.717, 1.165) is 41.1 Å². The highest BCUT2D eigenvalue weighted by Gasteiger charge is 2.34. The summed E-state index contributed by atoms with van der Waals surface area (Å²) < 4.78 is 34.2. The molecule has 1 aliphatic carbocycles. The van der Waals surface area contributed by atoms with E-state index in [9.17, 15) is 18.0 Å². The largest absolute Gasteiger partial charge is 0.497 e. The van der Waals surface area contributed by atoms with Crippen molar-refractivity contribution in [3.8, 4) is 5.75 Å². The van der Waals surface area contributed by atoms with Gasteiger partial charge in [0.1, 0.15) is 18.3 Å². The van der Waals surface area contributed by atoms with Crippen LogP contribution in [0.15, 0.2) is 83.8 Å². The van der Waals surface area contributed by atoms with E-state index in [1.54, 1.807) is 42.5 Å². The van der Waals surface area contributed by atoms with Crippen LogP contribution in [0.3, 0.4) is 0 Å². The molecule has 3 aromatic carbocycles. The zero-order valence-electron chi connectivity index (χ0n) is 24.0. The van der Waals surface area contributed by atoms with Gasteiger partial charge in [0.05, 0.1) is 17.7 Å². The van der Waals surface area contributed by atoms with Crippen LogP contribution in [0.2, 0.25) is 0 Å². The third-order valence-corrected chi connectivity index (χ3v) is 9.45. The normalized spacial score (nSPS) is 14.3. The number of anilines is 1. The highest BCUT2D eigenvalue weighted by molar-refractivity contribution is 7.92. The number of sulfonamides is 1. The number of hydrogen-bond acceptors (Lipinski definition) is 5. The maximum absolute atomic E-state index is 14.2. The third-order valence-electron chi connectivity index (χ3n) is 7.66. The van der Waals surface area contributed by atoms with Crippen molar-refractivity contribution in [3.63, 3.8) is 0 Å². The second-order valence-electron chi connectivity index (χ2n) is 10.4. The lowest BCUT2D eigenvalue weighted by molar-refractivity contribution is -0.140. The summed E-state index contributed by atoms with van der Waals surface area (Å²) in [5.74, 6) is -0.136. The Morgan fingerprint density at radius 2 is 1.59 bits per heavy atom. The first kappa shape index (κ1) is 30.1. The van der Waals surface area contributed by atoms with Crippen LogP contribution < -0.4 is 14.4 Å². The lowest BCUT2D eigenvalue weighted by Gasteiger charge is -2.34. The number of benzene rings is 3. The Morgan fingerprint density at radius 3 is 2.20 bits per heavy atom. The highest BCUT2D eigenvalue weighted by atomic mass is 32.2. The van der Waals surface area contributed by atoms with Crippen molar-refractivity contribution in [1.82, 2.24) is 10.2 Å². The molecule has 218 valence electrons. The fourth-order valence-corrected chi connectivity index (χ4v) is 6.67. The molecule has 3 aromatic rings. The SMILES string of the molecule is CC[C@@H](C(=O)NC1CCCC1)N(Cc1ccccc1C)C(=O)CN(c1ccccc1)S(=O)(=O)c1ccc(OC)cc1. The number of hydrogen-bond donors (Lipinski definition) is 1. The molecule has 9 heteroatoms. The van der Waals surface area contributed by atoms with Gasteiger partial charge in [0.25, 0.3) is 10.0 Å². The van der Waals surface area contributed by atoms with Crippen molar-refractivity contribution < 1.29 is 22.7 Å². The molecule has 4 rings (SSSR count). The Balaban J connectivity index is 1.70. The van der Waals surface area contributed by atoms with Crippen LogP contribution in [0.25, 0.3) is 0 Å². The fraction of sp³-hybridized carbons (Fsp3) is 0.375. The van der Waals surface area contributed by atoms with E-state index in [1.807, 2.05) is 38.1 Å². The maximum Gasteiger partial charge on any atom is 0.264 e. The zero-order valence-corrected chi connectivity index (χ0v) is 24.8. The van der Waals surface area contributed by atoms with E-state index >= 15 is 0 Å². The minimum atomic E-state index is -4.13. The van der Waals surface area contributed by atoms with Crippen molar-refractivity contribution in [1.29, 1.82) is 0 Å². The molecule has 0 heterocycles. The molecule has 8 nitrogen and oxygen atoms in total. The van der Waals surface area contributed by atoms with E-state index < -0.39 is 28.5 Å². The molecule has 1 aliphatic rings. The predicted molar refractivity (Wildman–Crippen MR) is 160 cm³/mol. The van der Waals surface area contributed by atoms with Crippen molar-refractivity contribution >= 4 is 27.5 Å². The molecule has 0 saturated heterocycles. The van der Waals surface area contributed by atoms with E-state index in [0.29, 0.717) is 17.9 Å². The van der Waals surface area contributed by atoms with Gasteiger partial charge >= 0.3 is 0 Å². The summed E-state index contributed by atoms with van der Waals surface area (Å²) in [5.41, 5.74) is 2.25. The lowest BCUT2D eigenvalue weighted by atomic mass is 10.1. The first-order valence-electron chi connectivity index (χ1n) is 14.1. The molecule has 0 spiro atoms. The topological polar surface area (TPSA) is 96.0 Å². The summed E-state index contributed by atoms with van der Waals surface area (Å²) >= 11 is 0. The number of amides is 2. The standard InChI is InChI=1S/C32H39N3O5S/c1-4-30(32(37)33-26-14-10-11-15-26)34(22-25-13-9-8-12-24(25)2)31(36)23-35(27-16-6-5-7-17-27)41(38,39)29-20-18-28(40-3)19-21-29/h5-9,12-13,16-21,26,30H,4,10-11,14-15,22-23H2,1-3H3,(H,33,37)/t30-/m0/s1. The van der Waals surface area contributed by atoms with Crippen LogP contribution in [0.1, 0.15) is 50.2 Å². The monoisotopic (exact) mass is 577 g/mol. The Kier molecular flexibility index (Phi) is 10.0. The smallest absolute Gasteiger partial charge is 0.264 e. The summed E-state index contributed by atoms with van der Waals surface area (Å²) in [6, 6.07) is 21.7. The molecule has 1 N–H and O–H groups in total. The molecule has 0 unspecified atom stereocenters. The van der Waals surface area contributed by atoms with Crippen LogP contribution in [0, 0.1) is 6.92 Å². The summed E-state index contributed by atoms with van der Waals surface area (Å²) in [7, 11) is -2.62. The van der Waals surface area contributed by atoms with Crippen LogP contribution in [-0.4, -0.2) is 50.9 Å². The van der Waals surface area contributed by atoms with Crippen molar-refractivity contribution in [3.05, 3.63) is 90.0 Å². The number of para-hydroxylation sites is 1. The van der Waals surface area contributed by atoms with Crippen LogP contribution in [0.5, 0.6) is 5.75 Å². The zero-order chi connectivity index (χ0) is 29.4. The van der Waals surface area contributed by atoms with Crippen molar-refractivity contribution in [2.45, 2.75) is 69.5 Å². The van der Waals surface area contributed by atoms with Gasteiger partial charge in [0.2, 0.25) is 11.8 Å². The Morgan fingerprint density at radius 1 is 0.951 bits per heavy atom. The van der Waals surface area contributed by atoms with Gasteiger partial charge in [-0.05, 0) is 73.7 Å². The fourth-order valence-electron chi connectivity index (χ4n) is 5.26. The van der Waals surface area contributed by atoms with Gasteiger partial charge in [-0.25, -0.2) is 8.42 Å². The number of carbonyl (C=O) groups excluding carboxylic acids is 2. The van der Waals surface area contributed by atoms with E-state index in [-0.39, 0.29) is 23.4 Å². The van der Waals surface area contributed by atoms with Gasteiger partial charge in [0, 0.05) is 12.6 Å². The molecule has 0 bridgehead atoms. The van der Waals surface area contributed by atoms with Crippen molar-refractivity contribution in [2.75, 3.05) is 18.0 Å². The number of rotatable bonds is 12. The van der Waals surface area contributed by atoms with E-state index in [2.05, 4.69) is 5.32 Å². The maximum atomic E-state index is 14.2. The number of ether oxygens (including phenoxy) is 1. The second kappa shape index (κ2) is 13.7. The number of carbonyl (C=O) groups is 2. The van der Waals surface area contributed by atoms with Gasteiger partial charge < -0.3 is 15.0 Å². The molecule has 1 fully saturated rings. The average Bonchev–Trinajstić information content (AvgIpc) is 3.50. The number of nitrogens with zero attached hydrogens (tertiary/aromatic N) is 2. The Hall–Kier alpha value is -3.85. The van der Waals surface area contributed by atoms with Crippen LogP contribution >= 0.6 is 0 Å². The summed E-state index contributed by atoms with van der Waals surface area (Å²) in [5, 5.41) is 3.14. The minimum Gasteiger partial charge on any atom is -0.497 e.